The van der Waals surface area contributed by atoms with Gasteiger partial charge in [-0.15, -0.1) is 12.4 Å². The molecular weight excluding hydrogens is 176 g/mol. The second kappa shape index (κ2) is 4.85. The minimum absolute atomic E-state index is 0. The van der Waals surface area contributed by atoms with Gasteiger partial charge in [0, 0.05) is 5.69 Å². The lowest BCUT2D eigenvalue weighted by atomic mass is 10.2. The molecule has 3 N–H and O–H groups in total. The molecular formula is C8H13ClN2O. The second-order valence-electron chi connectivity index (χ2n) is 2.38. The van der Waals surface area contributed by atoms with Gasteiger partial charge in [0.05, 0.1) is 12.8 Å². The Bertz CT molecular complexity index is 253. The molecule has 0 aliphatic carbocycles. The van der Waals surface area contributed by atoms with Crippen LogP contribution in [0.1, 0.15) is 5.56 Å². The molecule has 0 saturated carbocycles. The normalized spacial score (nSPS) is 8.83. The average molecular weight is 189 g/mol. The molecule has 0 saturated heterocycles. The van der Waals surface area contributed by atoms with Gasteiger partial charge >= 0.3 is 0 Å². The highest BCUT2D eigenvalue weighted by Crippen LogP contribution is 2.16. The van der Waals surface area contributed by atoms with Gasteiger partial charge in [0.2, 0.25) is 0 Å². The molecule has 0 aromatic heterocycles. The Morgan fingerprint density at radius 2 is 2.08 bits per heavy atom. The number of anilines is 2. The Morgan fingerprint density at radius 3 is 2.58 bits per heavy atom. The first kappa shape index (κ1) is 11.1. The van der Waals surface area contributed by atoms with Crippen LogP contribution >= 0.6 is 12.4 Å². The Labute approximate surface area is 78.3 Å². The molecule has 0 fully saturated rings. The number of halogens is 1. The van der Waals surface area contributed by atoms with Crippen LogP contribution in [0.4, 0.5) is 11.4 Å². The van der Waals surface area contributed by atoms with Gasteiger partial charge in [-0.1, -0.05) is 6.07 Å². The van der Waals surface area contributed by atoms with E-state index in [1.807, 2.05) is 25.1 Å². The Morgan fingerprint density at radius 1 is 1.42 bits per heavy atom. The summed E-state index contributed by atoms with van der Waals surface area (Å²) in [5.41, 5.74) is 11.1. The zero-order valence-electron chi connectivity index (χ0n) is 7.13. The lowest BCUT2D eigenvalue weighted by Crippen LogP contribution is -1.97. The second-order valence-corrected chi connectivity index (χ2v) is 2.38. The summed E-state index contributed by atoms with van der Waals surface area (Å²) in [7, 11) is 1.57. The van der Waals surface area contributed by atoms with Crippen LogP contribution in [0, 0.1) is 6.92 Å². The Balaban J connectivity index is 0.00000121. The maximum Gasteiger partial charge on any atom is 0.0636 e. The van der Waals surface area contributed by atoms with Crippen LogP contribution in [-0.4, -0.2) is 7.11 Å². The summed E-state index contributed by atoms with van der Waals surface area (Å²) in [4.78, 5) is 4.72. The van der Waals surface area contributed by atoms with Crippen molar-refractivity contribution < 1.29 is 4.84 Å². The van der Waals surface area contributed by atoms with Gasteiger partial charge in [0.1, 0.15) is 0 Å². The number of hydrogen-bond acceptors (Lipinski definition) is 3. The van der Waals surface area contributed by atoms with E-state index in [1.54, 1.807) is 7.11 Å². The summed E-state index contributed by atoms with van der Waals surface area (Å²) < 4.78 is 0. The average Bonchev–Trinajstić information content (AvgIpc) is 1.98. The molecule has 0 spiro atoms. The van der Waals surface area contributed by atoms with Crippen LogP contribution in [0.3, 0.4) is 0 Å². The van der Waals surface area contributed by atoms with E-state index in [-0.39, 0.29) is 12.4 Å². The van der Waals surface area contributed by atoms with Crippen molar-refractivity contribution in [2.75, 3.05) is 18.3 Å². The quantitative estimate of drug-likeness (QED) is 0.551. The molecule has 0 amide bonds. The third-order valence-electron chi connectivity index (χ3n) is 1.50. The van der Waals surface area contributed by atoms with Crippen molar-refractivity contribution in [2.24, 2.45) is 0 Å². The highest BCUT2D eigenvalue weighted by atomic mass is 35.5. The fraction of sp³-hybridized carbons (Fsp3) is 0.250. The van der Waals surface area contributed by atoms with E-state index in [1.165, 1.54) is 0 Å². The summed E-state index contributed by atoms with van der Waals surface area (Å²) in [6.07, 6.45) is 0. The molecule has 0 heterocycles. The highest BCUT2D eigenvalue weighted by molar-refractivity contribution is 5.85. The molecule has 1 rings (SSSR count). The molecule has 68 valence electrons. The standard InChI is InChI=1S/C8H12N2O.ClH/c1-6-3-4-7(10-11-2)5-8(6)9;/h3-5,10H,9H2,1-2H3;1H. The molecule has 0 unspecified atom stereocenters. The minimum Gasteiger partial charge on any atom is -0.398 e. The van der Waals surface area contributed by atoms with Gasteiger partial charge in [0.25, 0.3) is 0 Å². The largest absolute Gasteiger partial charge is 0.398 e. The van der Waals surface area contributed by atoms with Crippen molar-refractivity contribution in [2.45, 2.75) is 6.92 Å². The van der Waals surface area contributed by atoms with Crippen molar-refractivity contribution >= 4 is 23.8 Å². The number of rotatable bonds is 2. The molecule has 0 bridgehead atoms. The molecule has 0 aliphatic rings. The smallest absolute Gasteiger partial charge is 0.0636 e. The zero-order valence-corrected chi connectivity index (χ0v) is 7.94. The van der Waals surface area contributed by atoms with E-state index in [0.29, 0.717) is 0 Å². The Hall–Kier alpha value is -0.930. The lowest BCUT2D eigenvalue weighted by Gasteiger charge is -2.04. The lowest BCUT2D eigenvalue weighted by molar-refractivity contribution is 0.271. The van der Waals surface area contributed by atoms with Gasteiger partial charge in [-0.25, -0.2) is 0 Å². The first-order valence-corrected chi connectivity index (χ1v) is 3.39. The monoisotopic (exact) mass is 188 g/mol. The first-order chi connectivity index (χ1) is 5.24. The Kier molecular flexibility index (Phi) is 4.47. The fourth-order valence-corrected chi connectivity index (χ4v) is 0.822. The molecule has 3 nitrogen and oxygen atoms in total. The van der Waals surface area contributed by atoms with Crippen LogP contribution in [0.2, 0.25) is 0 Å². The van der Waals surface area contributed by atoms with Crippen molar-refractivity contribution in [3.05, 3.63) is 23.8 Å². The predicted molar refractivity (Wildman–Crippen MR) is 53.5 cm³/mol. The van der Waals surface area contributed by atoms with Gasteiger partial charge in [-0.3, -0.25) is 10.3 Å². The first-order valence-electron chi connectivity index (χ1n) is 3.39. The molecule has 4 heteroatoms. The molecule has 12 heavy (non-hydrogen) atoms. The van der Waals surface area contributed by atoms with E-state index in [9.17, 15) is 0 Å². The molecule has 0 radical (unpaired) electrons. The van der Waals surface area contributed by atoms with E-state index in [2.05, 4.69) is 5.48 Å². The SMILES string of the molecule is CONc1ccc(C)c(N)c1.Cl. The number of nitrogen functional groups attached to an aromatic ring is 1. The van der Waals surface area contributed by atoms with E-state index in [4.69, 9.17) is 10.6 Å². The zero-order chi connectivity index (χ0) is 8.27. The molecule has 1 aromatic carbocycles. The van der Waals surface area contributed by atoms with Gasteiger partial charge < -0.3 is 5.73 Å². The van der Waals surface area contributed by atoms with Crippen molar-refractivity contribution in [1.29, 1.82) is 0 Å². The third kappa shape index (κ3) is 2.60. The number of benzene rings is 1. The summed E-state index contributed by atoms with van der Waals surface area (Å²) in [6.45, 7) is 1.96. The van der Waals surface area contributed by atoms with E-state index < -0.39 is 0 Å². The number of nitrogens with two attached hydrogens (primary N) is 1. The van der Waals surface area contributed by atoms with Crippen LogP contribution in [0.15, 0.2) is 18.2 Å². The highest BCUT2D eigenvalue weighted by Gasteiger charge is 1.94. The minimum atomic E-state index is 0. The number of nitrogens with one attached hydrogen (secondary N) is 1. The van der Waals surface area contributed by atoms with Crippen molar-refractivity contribution in [3.8, 4) is 0 Å². The summed E-state index contributed by atoms with van der Waals surface area (Å²) >= 11 is 0. The molecule has 0 aliphatic heterocycles. The van der Waals surface area contributed by atoms with Crippen LogP contribution in [-0.2, 0) is 4.84 Å². The summed E-state index contributed by atoms with van der Waals surface area (Å²) in [5.74, 6) is 0. The van der Waals surface area contributed by atoms with Gasteiger partial charge in [0.15, 0.2) is 0 Å². The van der Waals surface area contributed by atoms with Crippen LogP contribution in [0.25, 0.3) is 0 Å². The van der Waals surface area contributed by atoms with Gasteiger partial charge in [-0.2, -0.15) is 0 Å². The van der Waals surface area contributed by atoms with E-state index in [0.717, 1.165) is 16.9 Å². The van der Waals surface area contributed by atoms with E-state index >= 15 is 0 Å². The molecule has 1 aromatic rings. The number of aryl methyl sites for hydroxylation is 1. The van der Waals surface area contributed by atoms with Crippen molar-refractivity contribution in [1.82, 2.24) is 0 Å². The fourth-order valence-electron chi connectivity index (χ4n) is 0.822. The number of hydrogen-bond donors (Lipinski definition) is 2. The third-order valence-corrected chi connectivity index (χ3v) is 1.50. The summed E-state index contributed by atoms with van der Waals surface area (Å²) in [6, 6.07) is 5.69. The maximum atomic E-state index is 5.66. The topological polar surface area (TPSA) is 47.3 Å². The van der Waals surface area contributed by atoms with Crippen LogP contribution < -0.4 is 11.2 Å². The predicted octanol–water partition coefficient (Wildman–Crippen LogP) is 1.97. The molecule has 0 atom stereocenters. The maximum absolute atomic E-state index is 5.66. The van der Waals surface area contributed by atoms with Gasteiger partial charge in [-0.05, 0) is 24.6 Å². The van der Waals surface area contributed by atoms with Crippen LogP contribution in [0.5, 0.6) is 0 Å². The van der Waals surface area contributed by atoms with Crippen molar-refractivity contribution in [3.63, 3.8) is 0 Å². The summed E-state index contributed by atoms with van der Waals surface area (Å²) in [5, 5.41) is 0.